The molecule has 0 radical (unpaired) electrons. The summed E-state index contributed by atoms with van der Waals surface area (Å²) in [5.41, 5.74) is 3.07. The summed E-state index contributed by atoms with van der Waals surface area (Å²) in [6.45, 7) is 6.92. The van der Waals surface area contributed by atoms with Gasteiger partial charge in [-0.05, 0) is 17.0 Å². The molecule has 0 saturated carbocycles. The van der Waals surface area contributed by atoms with E-state index in [2.05, 4.69) is 64.1 Å². The van der Waals surface area contributed by atoms with Crippen LogP contribution >= 0.6 is 22.9 Å². The van der Waals surface area contributed by atoms with Crippen LogP contribution in [0.1, 0.15) is 30.9 Å². The smallest absolute Gasteiger partial charge is 0.0335 e. The zero-order chi connectivity index (χ0) is 10.1. The van der Waals surface area contributed by atoms with E-state index in [4.69, 9.17) is 0 Å². The Morgan fingerprint density at radius 2 is 2.07 bits per heavy atom. The Balaban J connectivity index is 2.38. The molecule has 14 heavy (non-hydrogen) atoms. The molecule has 76 valence electrons. The summed E-state index contributed by atoms with van der Waals surface area (Å²) in [5, 5.41) is 0. The van der Waals surface area contributed by atoms with Gasteiger partial charge in [0.2, 0.25) is 0 Å². The van der Waals surface area contributed by atoms with Crippen molar-refractivity contribution in [2.75, 3.05) is 6.54 Å². The molecule has 1 atom stereocenters. The van der Waals surface area contributed by atoms with Gasteiger partial charge >= 0.3 is 0 Å². The molecule has 0 saturated heterocycles. The lowest BCUT2D eigenvalue weighted by Crippen LogP contribution is -2.29. The summed E-state index contributed by atoms with van der Waals surface area (Å²) in [6.07, 6.45) is 0. The van der Waals surface area contributed by atoms with Crippen LogP contribution in [-0.2, 0) is 6.54 Å². The molecule has 0 bridgehead atoms. The molecule has 1 aliphatic rings. The van der Waals surface area contributed by atoms with Gasteiger partial charge in [-0.2, -0.15) is 0 Å². The Hall–Kier alpha value is -0.0900. The largest absolute Gasteiger partial charge is 0.243 e. The topological polar surface area (TPSA) is 3.24 Å². The van der Waals surface area contributed by atoms with Crippen LogP contribution < -0.4 is 0 Å². The van der Waals surface area contributed by atoms with Crippen molar-refractivity contribution in [2.45, 2.75) is 26.3 Å². The summed E-state index contributed by atoms with van der Waals surface area (Å²) in [4.78, 5) is 0. The Morgan fingerprint density at radius 3 is 2.79 bits per heavy atom. The quantitative estimate of drug-likeness (QED) is 0.566. The molecule has 1 heterocycles. The monoisotopic (exact) mass is 301 g/mol. The van der Waals surface area contributed by atoms with Crippen molar-refractivity contribution in [1.29, 1.82) is 0 Å². The molecule has 0 aliphatic carbocycles. The zero-order valence-corrected chi connectivity index (χ0v) is 10.9. The van der Waals surface area contributed by atoms with Gasteiger partial charge in [-0.1, -0.05) is 38.1 Å². The standard InChI is InChI=1S/C12H16IN/c1-9(2)12-8-14(13)7-10-5-3-4-6-11(10)12/h3-6,9,12H,7-8H2,1-2H3/t12-/m0/s1. The van der Waals surface area contributed by atoms with Crippen molar-refractivity contribution < 1.29 is 0 Å². The van der Waals surface area contributed by atoms with Crippen LogP contribution in [0.5, 0.6) is 0 Å². The molecule has 1 nitrogen and oxygen atoms in total. The highest BCUT2D eigenvalue weighted by Crippen LogP contribution is 2.34. The highest BCUT2D eigenvalue weighted by molar-refractivity contribution is 14.1. The minimum atomic E-state index is 0.705. The predicted molar refractivity (Wildman–Crippen MR) is 68.5 cm³/mol. The number of fused-ring (bicyclic) bond motifs is 1. The van der Waals surface area contributed by atoms with E-state index in [-0.39, 0.29) is 0 Å². The fraction of sp³-hybridized carbons (Fsp3) is 0.500. The van der Waals surface area contributed by atoms with Gasteiger partial charge < -0.3 is 0 Å². The highest BCUT2D eigenvalue weighted by atomic mass is 127. The van der Waals surface area contributed by atoms with Gasteiger partial charge in [0.05, 0.1) is 0 Å². The summed E-state index contributed by atoms with van der Waals surface area (Å²) in [5.74, 6) is 1.44. The minimum absolute atomic E-state index is 0.705. The lowest BCUT2D eigenvalue weighted by molar-refractivity contribution is 0.361. The van der Waals surface area contributed by atoms with Crippen LogP contribution in [0.15, 0.2) is 24.3 Å². The number of rotatable bonds is 1. The SMILES string of the molecule is CC(C)[C@@H]1CN(I)Cc2ccccc21. The molecular formula is C12H16IN. The summed E-state index contributed by atoms with van der Waals surface area (Å²) in [6, 6.07) is 8.86. The first-order valence-electron chi connectivity index (χ1n) is 5.17. The summed E-state index contributed by atoms with van der Waals surface area (Å²) < 4.78 is 2.39. The molecule has 0 fully saturated rings. The highest BCUT2D eigenvalue weighted by Gasteiger charge is 2.25. The Labute approximate surface area is 100.0 Å². The van der Waals surface area contributed by atoms with Gasteiger partial charge in [0.15, 0.2) is 0 Å². The number of nitrogens with zero attached hydrogens (tertiary/aromatic N) is 1. The van der Waals surface area contributed by atoms with Crippen LogP contribution in [0.25, 0.3) is 0 Å². The third-order valence-electron chi connectivity index (χ3n) is 3.00. The van der Waals surface area contributed by atoms with Gasteiger partial charge in [0.25, 0.3) is 0 Å². The Kier molecular flexibility index (Phi) is 3.12. The van der Waals surface area contributed by atoms with E-state index in [0.29, 0.717) is 5.92 Å². The molecule has 0 spiro atoms. The molecule has 0 N–H and O–H groups in total. The first-order chi connectivity index (χ1) is 6.68. The molecule has 0 aromatic heterocycles. The van der Waals surface area contributed by atoms with Crippen molar-refractivity contribution in [1.82, 2.24) is 3.11 Å². The van der Waals surface area contributed by atoms with E-state index in [1.54, 1.807) is 5.56 Å². The third-order valence-corrected chi connectivity index (χ3v) is 3.73. The van der Waals surface area contributed by atoms with Gasteiger partial charge in [0.1, 0.15) is 0 Å². The van der Waals surface area contributed by atoms with Gasteiger partial charge in [-0.3, -0.25) is 0 Å². The molecule has 1 aliphatic heterocycles. The molecule has 0 unspecified atom stereocenters. The van der Waals surface area contributed by atoms with Crippen molar-refractivity contribution >= 4 is 22.9 Å². The van der Waals surface area contributed by atoms with E-state index < -0.39 is 0 Å². The van der Waals surface area contributed by atoms with Crippen molar-refractivity contribution in [2.24, 2.45) is 5.92 Å². The molecule has 0 amide bonds. The fourth-order valence-electron chi connectivity index (χ4n) is 2.17. The van der Waals surface area contributed by atoms with Gasteiger partial charge in [-0.25, -0.2) is 3.11 Å². The lowest BCUT2D eigenvalue weighted by atomic mass is 9.83. The van der Waals surface area contributed by atoms with E-state index in [1.165, 1.54) is 12.1 Å². The first-order valence-corrected chi connectivity index (χ1v) is 6.13. The minimum Gasteiger partial charge on any atom is -0.243 e. The maximum Gasteiger partial charge on any atom is 0.0335 e. The van der Waals surface area contributed by atoms with Crippen LogP contribution in [0, 0.1) is 5.92 Å². The van der Waals surface area contributed by atoms with E-state index in [9.17, 15) is 0 Å². The molecule has 1 aromatic rings. The average molecular weight is 301 g/mol. The second-order valence-electron chi connectivity index (χ2n) is 4.35. The van der Waals surface area contributed by atoms with Crippen LogP contribution in [0.2, 0.25) is 0 Å². The van der Waals surface area contributed by atoms with Crippen molar-refractivity contribution in [3.63, 3.8) is 0 Å². The summed E-state index contributed by atoms with van der Waals surface area (Å²) >= 11 is 2.44. The van der Waals surface area contributed by atoms with E-state index >= 15 is 0 Å². The van der Waals surface area contributed by atoms with Crippen LogP contribution in [-0.4, -0.2) is 9.66 Å². The molecular weight excluding hydrogens is 285 g/mol. The second kappa shape index (κ2) is 4.19. The fourth-order valence-corrected chi connectivity index (χ4v) is 2.96. The normalized spacial score (nSPS) is 22.4. The third kappa shape index (κ3) is 1.96. The first kappa shape index (κ1) is 10.4. The van der Waals surface area contributed by atoms with Crippen LogP contribution in [0.4, 0.5) is 0 Å². The van der Waals surface area contributed by atoms with Gasteiger partial charge in [-0.15, -0.1) is 0 Å². The average Bonchev–Trinajstić information content (AvgIpc) is 2.16. The maximum absolute atomic E-state index is 2.44. The van der Waals surface area contributed by atoms with E-state index in [1.807, 2.05) is 0 Å². The molecule has 1 aromatic carbocycles. The number of benzene rings is 1. The maximum atomic E-state index is 2.44. The molecule has 2 rings (SSSR count). The predicted octanol–water partition coefficient (Wildman–Crippen LogP) is 3.59. The number of halogens is 1. The summed E-state index contributed by atoms with van der Waals surface area (Å²) in [7, 11) is 0. The van der Waals surface area contributed by atoms with Gasteiger partial charge in [0, 0.05) is 41.9 Å². The van der Waals surface area contributed by atoms with Crippen LogP contribution in [0.3, 0.4) is 0 Å². The number of hydrogen-bond donors (Lipinski definition) is 0. The second-order valence-corrected chi connectivity index (χ2v) is 5.72. The molecule has 2 heteroatoms. The Bertz CT molecular complexity index is 322. The van der Waals surface area contributed by atoms with E-state index in [0.717, 1.165) is 12.5 Å². The van der Waals surface area contributed by atoms with Crippen molar-refractivity contribution in [3.8, 4) is 0 Å². The zero-order valence-electron chi connectivity index (χ0n) is 8.70. The Morgan fingerprint density at radius 1 is 1.36 bits per heavy atom. The lowest BCUT2D eigenvalue weighted by Gasteiger charge is -2.33. The number of hydrogen-bond acceptors (Lipinski definition) is 1. The van der Waals surface area contributed by atoms with Crippen molar-refractivity contribution in [3.05, 3.63) is 35.4 Å².